The predicted molar refractivity (Wildman–Crippen MR) is 87.2 cm³/mol. The first-order valence-electron chi connectivity index (χ1n) is 7.60. The Morgan fingerprint density at radius 1 is 1.45 bits per heavy atom. The summed E-state index contributed by atoms with van der Waals surface area (Å²) in [5.41, 5.74) is 2.18. The first-order chi connectivity index (χ1) is 10.7. The number of carbonyl (C=O) groups excluding carboxylic acids is 1. The average Bonchev–Trinajstić information content (AvgIpc) is 3.27. The van der Waals surface area contributed by atoms with Gasteiger partial charge in [-0.1, -0.05) is 11.6 Å². The lowest BCUT2D eigenvalue weighted by atomic mass is 10.1. The van der Waals surface area contributed by atoms with Crippen molar-refractivity contribution in [3.8, 4) is 0 Å². The van der Waals surface area contributed by atoms with Crippen LogP contribution in [0.1, 0.15) is 18.4 Å². The highest BCUT2D eigenvalue weighted by Crippen LogP contribution is 2.26. The molecule has 0 saturated heterocycles. The molecule has 1 aromatic heterocycles. The number of benzene rings is 1. The summed E-state index contributed by atoms with van der Waals surface area (Å²) >= 11 is 6.04. The molecule has 118 valence electrons. The van der Waals surface area contributed by atoms with E-state index in [4.69, 9.17) is 16.7 Å². The van der Waals surface area contributed by atoms with Crippen molar-refractivity contribution in [3.63, 3.8) is 0 Å². The van der Waals surface area contributed by atoms with E-state index < -0.39 is 0 Å². The van der Waals surface area contributed by atoms with Crippen molar-refractivity contribution in [2.45, 2.75) is 25.3 Å². The topological polar surface area (TPSA) is 68.4 Å². The van der Waals surface area contributed by atoms with E-state index in [1.54, 1.807) is 4.90 Å². The summed E-state index contributed by atoms with van der Waals surface area (Å²) in [7, 11) is 0. The van der Waals surface area contributed by atoms with Crippen molar-refractivity contribution in [3.05, 3.63) is 35.0 Å². The van der Waals surface area contributed by atoms with Gasteiger partial charge < -0.3 is 20.3 Å². The molecule has 0 spiro atoms. The first kappa shape index (κ1) is 15.2. The highest BCUT2D eigenvalue weighted by Gasteiger charge is 2.31. The van der Waals surface area contributed by atoms with Crippen LogP contribution in [-0.2, 0) is 6.42 Å². The van der Waals surface area contributed by atoms with Gasteiger partial charge in [-0.15, -0.1) is 0 Å². The zero-order chi connectivity index (χ0) is 15.5. The minimum Gasteiger partial charge on any atom is -0.395 e. The van der Waals surface area contributed by atoms with Gasteiger partial charge in [0.1, 0.15) is 0 Å². The Labute approximate surface area is 134 Å². The smallest absolute Gasteiger partial charge is 0.317 e. The number of hydrogen-bond acceptors (Lipinski definition) is 2. The van der Waals surface area contributed by atoms with Gasteiger partial charge in [0, 0.05) is 41.3 Å². The fourth-order valence-corrected chi connectivity index (χ4v) is 2.88. The second-order valence-corrected chi connectivity index (χ2v) is 6.07. The van der Waals surface area contributed by atoms with Crippen LogP contribution in [0.5, 0.6) is 0 Å². The Bertz CT molecular complexity index is 666. The van der Waals surface area contributed by atoms with Gasteiger partial charge in [-0.25, -0.2) is 4.79 Å². The number of carbonyl (C=O) groups is 1. The molecular formula is C16H20ClN3O2. The molecule has 0 radical (unpaired) electrons. The highest BCUT2D eigenvalue weighted by atomic mass is 35.5. The maximum absolute atomic E-state index is 12.1. The number of amides is 2. The van der Waals surface area contributed by atoms with E-state index in [1.807, 2.05) is 24.4 Å². The van der Waals surface area contributed by atoms with Crippen LogP contribution in [0.4, 0.5) is 4.79 Å². The molecule has 1 saturated carbocycles. The minimum atomic E-state index is -0.0885. The molecule has 2 aromatic rings. The van der Waals surface area contributed by atoms with Crippen LogP contribution < -0.4 is 5.32 Å². The predicted octanol–water partition coefficient (Wildman–Crippen LogP) is 2.53. The summed E-state index contributed by atoms with van der Waals surface area (Å²) in [6, 6.07) is 5.96. The minimum absolute atomic E-state index is 0.00483. The second kappa shape index (κ2) is 6.58. The molecule has 3 N–H and O–H groups in total. The van der Waals surface area contributed by atoms with Crippen molar-refractivity contribution in [2.24, 2.45) is 0 Å². The number of hydrogen-bond donors (Lipinski definition) is 3. The van der Waals surface area contributed by atoms with Gasteiger partial charge in [-0.3, -0.25) is 0 Å². The number of fused-ring (bicyclic) bond motifs is 1. The molecule has 0 bridgehead atoms. The number of nitrogens with zero attached hydrogens (tertiary/aromatic N) is 1. The van der Waals surface area contributed by atoms with Crippen LogP contribution in [0.2, 0.25) is 5.02 Å². The first-order valence-corrected chi connectivity index (χ1v) is 7.97. The molecule has 6 heteroatoms. The van der Waals surface area contributed by atoms with Crippen molar-refractivity contribution in [1.82, 2.24) is 15.2 Å². The van der Waals surface area contributed by atoms with Crippen molar-refractivity contribution in [1.29, 1.82) is 0 Å². The van der Waals surface area contributed by atoms with Gasteiger partial charge in [0.25, 0.3) is 0 Å². The SMILES string of the molecule is O=C(NCCc1c[nH]c2ccc(Cl)cc12)N(CCO)C1CC1. The van der Waals surface area contributed by atoms with Crippen LogP contribution in [0.3, 0.4) is 0 Å². The summed E-state index contributed by atoms with van der Waals surface area (Å²) in [5.74, 6) is 0. The third-order valence-electron chi connectivity index (χ3n) is 3.99. The Kier molecular flexibility index (Phi) is 4.55. The molecule has 1 fully saturated rings. The van der Waals surface area contributed by atoms with Crippen LogP contribution in [0, 0.1) is 0 Å². The molecule has 5 nitrogen and oxygen atoms in total. The summed E-state index contributed by atoms with van der Waals surface area (Å²) in [6.45, 7) is 0.969. The normalized spacial score (nSPS) is 14.3. The van der Waals surface area contributed by atoms with E-state index >= 15 is 0 Å². The lowest BCUT2D eigenvalue weighted by Crippen LogP contribution is -2.43. The van der Waals surface area contributed by atoms with Gasteiger partial charge >= 0.3 is 6.03 Å². The van der Waals surface area contributed by atoms with E-state index in [-0.39, 0.29) is 12.6 Å². The van der Waals surface area contributed by atoms with E-state index in [1.165, 1.54) is 0 Å². The average molecular weight is 322 g/mol. The third-order valence-corrected chi connectivity index (χ3v) is 4.22. The highest BCUT2D eigenvalue weighted by molar-refractivity contribution is 6.31. The summed E-state index contributed by atoms with van der Waals surface area (Å²) < 4.78 is 0. The molecule has 0 unspecified atom stereocenters. The number of aliphatic hydroxyl groups is 1. The van der Waals surface area contributed by atoms with Gasteiger partial charge in [-0.2, -0.15) is 0 Å². The quantitative estimate of drug-likeness (QED) is 0.765. The molecule has 2 amide bonds. The Morgan fingerprint density at radius 2 is 2.27 bits per heavy atom. The number of urea groups is 1. The molecule has 1 aliphatic carbocycles. The monoisotopic (exact) mass is 321 g/mol. The standard InChI is InChI=1S/C16H20ClN3O2/c17-12-1-4-15-14(9-12)11(10-19-15)5-6-18-16(22)20(7-8-21)13-2-3-13/h1,4,9-10,13,19,21H,2-3,5-8H2,(H,18,22). The zero-order valence-electron chi connectivity index (χ0n) is 12.3. The summed E-state index contributed by atoms with van der Waals surface area (Å²) in [4.78, 5) is 17.1. The third kappa shape index (κ3) is 3.36. The van der Waals surface area contributed by atoms with Crippen LogP contribution in [0.15, 0.2) is 24.4 Å². The number of H-pyrrole nitrogens is 1. The summed E-state index contributed by atoms with van der Waals surface area (Å²) in [6.07, 6.45) is 4.77. The zero-order valence-corrected chi connectivity index (χ0v) is 13.1. The van der Waals surface area contributed by atoms with Gasteiger partial charge in [-0.05, 0) is 43.0 Å². The molecule has 1 aliphatic rings. The molecular weight excluding hydrogens is 302 g/mol. The molecule has 1 heterocycles. The van der Waals surface area contributed by atoms with Crippen molar-refractivity contribution < 1.29 is 9.90 Å². The summed E-state index contributed by atoms with van der Waals surface area (Å²) in [5, 5.41) is 13.8. The number of rotatable bonds is 6. The lowest BCUT2D eigenvalue weighted by Gasteiger charge is -2.21. The Hall–Kier alpha value is -1.72. The van der Waals surface area contributed by atoms with Crippen LogP contribution >= 0.6 is 11.6 Å². The Balaban J connectivity index is 1.57. The number of aliphatic hydroxyl groups excluding tert-OH is 1. The molecule has 0 aliphatic heterocycles. The van der Waals surface area contributed by atoms with Crippen LogP contribution in [-0.4, -0.2) is 46.8 Å². The maximum Gasteiger partial charge on any atom is 0.317 e. The van der Waals surface area contributed by atoms with Gasteiger partial charge in [0.15, 0.2) is 0 Å². The van der Waals surface area contributed by atoms with E-state index in [9.17, 15) is 4.79 Å². The van der Waals surface area contributed by atoms with Crippen molar-refractivity contribution >= 4 is 28.5 Å². The number of aromatic amines is 1. The number of nitrogens with one attached hydrogen (secondary N) is 2. The van der Waals surface area contributed by atoms with Crippen molar-refractivity contribution in [2.75, 3.05) is 19.7 Å². The number of halogens is 1. The molecule has 0 atom stereocenters. The van der Waals surface area contributed by atoms with Crippen LogP contribution in [0.25, 0.3) is 10.9 Å². The Morgan fingerprint density at radius 3 is 3.00 bits per heavy atom. The van der Waals surface area contributed by atoms with Gasteiger partial charge in [0.05, 0.1) is 6.61 Å². The largest absolute Gasteiger partial charge is 0.395 e. The second-order valence-electron chi connectivity index (χ2n) is 5.63. The molecule has 1 aromatic carbocycles. The van der Waals surface area contributed by atoms with E-state index in [0.717, 1.165) is 35.7 Å². The molecule has 22 heavy (non-hydrogen) atoms. The van der Waals surface area contributed by atoms with E-state index in [2.05, 4.69) is 10.3 Å². The van der Waals surface area contributed by atoms with Gasteiger partial charge in [0.2, 0.25) is 0 Å². The maximum atomic E-state index is 12.1. The van der Waals surface area contributed by atoms with E-state index in [0.29, 0.717) is 24.2 Å². The molecule has 3 rings (SSSR count). The fraction of sp³-hybridized carbons (Fsp3) is 0.438. The lowest BCUT2D eigenvalue weighted by molar-refractivity contribution is 0.174. The fourth-order valence-electron chi connectivity index (χ4n) is 2.71. The number of aromatic nitrogens is 1.